The number of benzene rings is 2. The molecule has 0 atom stereocenters. The average molecular weight is 354 g/mol. The molecule has 2 aromatic carbocycles. The van der Waals surface area contributed by atoms with Crippen LogP contribution in [0.1, 0.15) is 24.8 Å². The van der Waals surface area contributed by atoms with Gasteiger partial charge in [0.2, 0.25) is 5.91 Å². The summed E-state index contributed by atoms with van der Waals surface area (Å²) < 4.78 is 2.13. The molecule has 0 saturated heterocycles. The van der Waals surface area contributed by atoms with Crippen molar-refractivity contribution in [3.05, 3.63) is 65.4 Å². The SMILES string of the molecule is O=C(NCCCn1cnc2ccccc21)C1(c2cccc(Cl)c2)CC1. The van der Waals surface area contributed by atoms with Crippen LogP contribution in [0.4, 0.5) is 0 Å². The molecule has 0 unspecified atom stereocenters. The minimum Gasteiger partial charge on any atom is -0.355 e. The van der Waals surface area contributed by atoms with Crippen molar-refractivity contribution in [2.45, 2.75) is 31.2 Å². The van der Waals surface area contributed by atoms with Gasteiger partial charge in [0, 0.05) is 18.1 Å². The van der Waals surface area contributed by atoms with Gasteiger partial charge in [0.05, 0.1) is 22.8 Å². The molecule has 1 saturated carbocycles. The lowest BCUT2D eigenvalue weighted by molar-refractivity contribution is -0.123. The summed E-state index contributed by atoms with van der Waals surface area (Å²) in [7, 11) is 0. The van der Waals surface area contributed by atoms with Crippen LogP contribution in [0.2, 0.25) is 5.02 Å². The van der Waals surface area contributed by atoms with Crippen molar-refractivity contribution in [2.75, 3.05) is 6.54 Å². The first-order valence-electron chi connectivity index (χ1n) is 8.63. The third-order valence-electron chi connectivity index (χ3n) is 4.95. The zero-order chi connectivity index (χ0) is 17.3. The van der Waals surface area contributed by atoms with Crippen LogP contribution in [0.15, 0.2) is 54.9 Å². The number of hydrogen-bond donors (Lipinski definition) is 1. The van der Waals surface area contributed by atoms with Gasteiger partial charge in [-0.3, -0.25) is 4.79 Å². The van der Waals surface area contributed by atoms with Gasteiger partial charge in [-0.1, -0.05) is 35.9 Å². The van der Waals surface area contributed by atoms with E-state index < -0.39 is 0 Å². The van der Waals surface area contributed by atoms with Crippen LogP contribution >= 0.6 is 11.6 Å². The molecule has 5 heteroatoms. The first-order chi connectivity index (χ1) is 12.2. The average Bonchev–Trinajstić information content (AvgIpc) is 3.35. The fourth-order valence-corrected chi connectivity index (χ4v) is 3.56. The predicted octanol–water partition coefficient (Wildman–Crippen LogP) is 3.93. The Kier molecular flexibility index (Phi) is 4.22. The molecule has 1 N–H and O–H groups in total. The van der Waals surface area contributed by atoms with Crippen LogP contribution < -0.4 is 5.32 Å². The number of nitrogens with zero attached hydrogens (tertiary/aromatic N) is 2. The maximum atomic E-state index is 12.6. The Hall–Kier alpha value is -2.33. The topological polar surface area (TPSA) is 46.9 Å². The van der Waals surface area contributed by atoms with Crippen molar-refractivity contribution < 1.29 is 4.79 Å². The molecule has 1 aliphatic rings. The Bertz CT molecular complexity index is 914. The van der Waals surface area contributed by atoms with E-state index in [1.807, 2.05) is 48.8 Å². The largest absolute Gasteiger partial charge is 0.355 e. The number of aryl methyl sites for hydroxylation is 1. The molecule has 0 spiro atoms. The molecule has 4 rings (SSSR count). The molecule has 1 amide bonds. The summed E-state index contributed by atoms with van der Waals surface area (Å²) in [4.78, 5) is 17.0. The molecular formula is C20H20ClN3O. The standard InChI is InChI=1S/C20H20ClN3O/c21-16-6-3-5-15(13-16)20(9-10-20)19(25)22-11-4-12-24-14-23-17-7-1-2-8-18(17)24/h1-3,5-8,13-14H,4,9-12H2,(H,22,25). The second-order valence-corrected chi connectivity index (χ2v) is 7.07. The maximum Gasteiger partial charge on any atom is 0.230 e. The number of carbonyl (C=O) groups is 1. The van der Waals surface area contributed by atoms with Gasteiger partial charge < -0.3 is 9.88 Å². The number of carbonyl (C=O) groups excluding carboxylic acids is 1. The Morgan fingerprint density at radius 3 is 2.84 bits per heavy atom. The van der Waals surface area contributed by atoms with Gasteiger partial charge in [0.25, 0.3) is 0 Å². The lowest BCUT2D eigenvalue weighted by Gasteiger charge is -2.16. The Morgan fingerprint density at radius 1 is 1.20 bits per heavy atom. The van der Waals surface area contributed by atoms with Crippen molar-refractivity contribution in [3.63, 3.8) is 0 Å². The van der Waals surface area contributed by atoms with Gasteiger partial charge in [-0.2, -0.15) is 0 Å². The van der Waals surface area contributed by atoms with Gasteiger partial charge in [-0.25, -0.2) is 4.98 Å². The summed E-state index contributed by atoms with van der Waals surface area (Å²) in [5.41, 5.74) is 2.79. The number of amides is 1. The molecular weight excluding hydrogens is 334 g/mol. The lowest BCUT2D eigenvalue weighted by Crippen LogP contribution is -2.35. The quantitative estimate of drug-likeness (QED) is 0.682. The number of fused-ring (bicyclic) bond motifs is 1. The Balaban J connectivity index is 1.34. The van der Waals surface area contributed by atoms with Crippen LogP contribution in [0, 0.1) is 0 Å². The highest BCUT2D eigenvalue weighted by Gasteiger charge is 2.51. The summed E-state index contributed by atoms with van der Waals surface area (Å²) >= 11 is 6.07. The van der Waals surface area contributed by atoms with Crippen LogP contribution in [0.5, 0.6) is 0 Å². The highest BCUT2D eigenvalue weighted by atomic mass is 35.5. The van der Waals surface area contributed by atoms with Gasteiger partial charge >= 0.3 is 0 Å². The normalized spacial score (nSPS) is 15.2. The van der Waals surface area contributed by atoms with E-state index in [1.54, 1.807) is 0 Å². The molecule has 128 valence electrons. The van der Waals surface area contributed by atoms with Crippen molar-refractivity contribution in [1.29, 1.82) is 0 Å². The minimum atomic E-state index is -0.368. The molecule has 1 aromatic heterocycles. The first-order valence-corrected chi connectivity index (χ1v) is 9.01. The van der Waals surface area contributed by atoms with Crippen molar-refractivity contribution in [1.82, 2.24) is 14.9 Å². The fourth-order valence-electron chi connectivity index (χ4n) is 3.37. The molecule has 0 aliphatic heterocycles. The van der Waals surface area contributed by atoms with Crippen LogP contribution in [-0.4, -0.2) is 22.0 Å². The van der Waals surface area contributed by atoms with E-state index in [1.165, 1.54) is 0 Å². The third-order valence-corrected chi connectivity index (χ3v) is 5.19. The molecule has 1 fully saturated rings. The molecule has 4 nitrogen and oxygen atoms in total. The number of para-hydroxylation sites is 2. The zero-order valence-corrected chi connectivity index (χ0v) is 14.7. The van der Waals surface area contributed by atoms with Gasteiger partial charge in [0.15, 0.2) is 0 Å². The molecule has 3 aromatic rings. The molecule has 0 bridgehead atoms. The maximum absolute atomic E-state index is 12.6. The summed E-state index contributed by atoms with van der Waals surface area (Å²) in [5, 5.41) is 3.78. The Labute approximate surface area is 151 Å². The van der Waals surface area contributed by atoms with Crippen molar-refractivity contribution in [3.8, 4) is 0 Å². The van der Waals surface area contributed by atoms with Crippen molar-refractivity contribution >= 4 is 28.5 Å². The predicted molar refractivity (Wildman–Crippen MR) is 99.7 cm³/mol. The highest BCUT2D eigenvalue weighted by Crippen LogP contribution is 2.48. The monoisotopic (exact) mass is 353 g/mol. The fraction of sp³-hybridized carbons (Fsp3) is 0.300. The van der Waals surface area contributed by atoms with E-state index in [-0.39, 0.29) is 11.3 Å². The number of nitrogens with one attached hydrogen (secondary N) is 1. The lowest BCUT2D eigenvalue weighted by atomic mass is 9.95. The minimum absolute atomic E-state index is 0.116. The second-order valence-electron chi connectivity index (χ2n) is 6.63. The first kappa shape index (κ1) is 16.2. The molecule has 0 radical (unpaired) electrons. The third kappa shape index (κ3) is 3.14. The van der Waals surface area contributed by atoms with Gasteiger partial charge in [0.1, 0.15) is 0 Å². The number of rotatable bonds is 6. The van der Waals surface area contributed by atoms with E-state index in [0.717, 1.165) is 42.4 Å². The molecule has 1 aliphatic carbocycles. The van der Waals surface area contributed by atoms with E-state index in [4.69, 9.17) is 11.6 Å². The van der Waals surface area contributed by atoms with Crippen LogP contribution in [0.3, 0.4) is 0 Å². The summed E-state index contributed by atoms with van der Waals surface area (Å²) in [6, 6.07) is 15.7. The van der Waals surface area contributed by atoms with E-state index in [9.17, 15) is 4.79 Å². The van der Waals surface area contributed by atoms with Crippen molar-refractivity contribution in [2.24, 2.45) is 0 Å². The summed E-state index contributed by atoms with van der Waals surface area (Å²) in [6.45, 7) is 1.50. The van der Waals surface area contributed by atoms with Crippen LogP contribution in [-0.2, 0) is 16.8 Å². The van der Waals surface area contributed by atoms with Gasteiger partial charge in [-0.15, -0.1) is 0 Å². The van der Waals surface area contributed by atoms with E-state index in [0.29, 0.717) is 11.6 Å². The smallest absolute Gasteiger partial charge is 0.230 e. The van der Waals surface area contributed by atoms with Crippen LogP contribution in [0.25, 0.3) is 11.0 Å². The van der Waals surface area contributed by atoms with E-state index in [2.05, 4.69) is 20.9 Å². The van der Waals surface area contributed by atoms with E-state index >= 15 is 0 Å². The second kappa shape index (κ2) is 6.52. The number of aromatic nitrogens is 2. The summed E-state index contributed by atoms with van der Waals surface area (Å²) in [5.74, 6) is 0.116. The van der Waals surface area contributed by atoms with Gasteiger partial charge in [-0.05, 0) is 49.1 Å². The number of imidazole rings is 1. The Morgan fingerprint density at radius 2 is 2.04 bits per heavy atom. The number of halogens is 1. The highest BCUT2D eigenvalue weighted by molar-refractivity contribution is 6.30. The summed E-state index contributed by atoms with van der Waals surface area (Å²) in [6.07, 6.45) is 4.52. The molecule has 1 heterocycles. The molecule has 25 heavy (non-hydrogen) atoms. The number of hydrogen-bond acceptors (Lipinski definition) is 2. The zero-order valence-electron chi connectivity index (χ0n) is 13.9.